The zero-order valence-corrected chi connectivity index (χ0v) is 19.3. The van der Waals surface area contributed by atoms with Crippen molar-refractivity contribution in [2.45, 2.75) is 12.5 Å². The summed E-state index contributed by atoms with van der Waals surface area (Å²) in [5, 5.41) is 11.6. The van der Waals surface area contributed by atoms with E-state index in [9.17, 15) is 14.7 Å². The number of halogens is 1. The lowest BCUT2D eigenvalue weighted by Gasteiger charge is -2.29. The van der Waals surface area contributed by atoms with Gasteiger partial charge in [-0.25, -0.2) is 0 Å². The molecule has 2 fully saturated rings. The van der Waals surface area contributed by atoms with E-state index in [-0.39, 0.29) is 11.3 Å². The molecule has 2 saturated heterocycles. The molecule has 0 bridgehead atoms. The van der Waals surface area contributed by atoms with Gasteiger partial charge < -0.3 is 19.5 Å². The van der Waals surface area contributed by atoms with Gasteiger partial charge in [0, 0.05) is 36.8 Å². The topological polar surface area (TPSA) is 79.3 Å². The molecule has 0 aromatic heterocycles. The maximum atomic E-state index is 13.1. The molecule has 2 heterocycles. The third kappa shape index (κ3) is 5.05. The molecule has 2 aromatic carbocycles. The van der Waals surface area contributed by atoms with Gasteiger partial charge in [-0.05, 0) is 48.4 Å². The highest BCUT2D eigenvalue weighted by molar-refractivity contribution is 6.46. The van der Waals surface area contributed by atoms with Crippen LogP contribution in [-0.2, 0) is 14.3 Å². The van der Waals surface area contributed by atoms with E-state index in [0.29, 0.717) is 42.5 Å². The maximum Gasteiger partial charge on any atom is 0.295 e. The molecule has 8 heteroatoms. The third-order valence-electron chi connectivity index (χ3n) is 6.07. The fraction of sp³-hybridized carbons (Fsp3) is 0.360. The van der Waals surface area contributed by atoms with Gasteiger partial charge >= 0.3 is 0 Å². The van der Waals surface area contributed by atoms with Crippen LogP contribution in [0.3, 0.4) is 0 Å². The smallest absolute Gasteiger partial charge is 0.295 e. The number of morpholine rings is 1. The number of carbonyl (C=O) groups excluding carboxylic acids is 2. The van der Waals surface area contributed by atoms with Gasteiger partial charge in [0.1, 0.15) is 11.5 Å². The highest BCUT2D eigenvalue weighted by Gasteiger charge is 2.45. The second-order valence-corrected chi connectivity index (χ2v) is 8.52. The van der Waals surface area contributed by atoms with Gasteiger partial charge in [0.15, 0.2) is 0 Å². The Morgan fingerprint density at radius 3 is 2.36 bits per heavy atom. The first-order valence-corrected chi connectivity index (χ1v) is 11.4. The van der Waals surface area contributed by atoms with Crippen LogP contribution in [0.15, 0.2) is 54.1 Å². The Balaban J connectivity index is 1.66. The second-order valence-electron chi connectivity index (χ2n) is 8.08. The predicted octanol–water partition coefficient (Wildman–Crippen LogP) is 3.49. The minimum atomic E-state index is -0.686. The molecule has 1 amide bonds. The number of nitrogens with zero attached hydrogens (tertiary/aromatic N) is 2. The van der Waals surface area contributed by atoms with Crippen molar-refractivity contribution in [1.82, 2.24) is 9.80 Å². The van der Waals surface area contributed by atoms with E-state index >= 15 is 0 Å². The molecule has 4 rings (SSSR count). The van der Waals surface area contributed by atoms with Crippen LogP contribution in [0.4, 0.5) is 0 Å². The fourth-order valence-corrected chi connectivity index (χ4v) is 4.42. The van der Waals surface area contributed by atoms with E-state index in [1.807, 2.05) is 12.1 Å². The monoisotopic (exact) mass is 470 g/mol. The summed E-state index contributed by atoms with van der Waals surface area (Å²) in [6.07, 6.45) is 0.709. The van der Waals surface area contributed by atoms with Crippen molar-refractivity contribution in [1.29, 1.82) is 0 Å². The average Bonchev–Trinajstić information content (AvgIpc) is 3.10. The summed E-state index contributed by atoms with van der Waals surface area (Å²) in [7, 11) is 1.58. The summed E-state index contributed by atoms with van der Waals surface area (Å²) in [4.78, 5) is 30.0. The first-order chi connectivity index (χ1) is 16.0. The lowest BCUT2D eigenvalue weighted by molar-refractivity contribution is -0.140. The highest BCUT2D eigenvalue weighted by atomic mass is 35.5. The Kier molecular flexibility index (Phi) is 7.33. The molecule has 174 valence electrons. The van der Waals surface area contributed by atoms with Gasteiger partial charge in [-0.2, -0.15) is 0 Å². The summed E-state index contributed by atoms with van der Waals surface area (Å²) >= 11 is 5.97. The predicted molar refractivity (Wildman–Crippen MR) is 125 cm³/mol. The van der Waals surface area contributed by atoms with Crippen LogP contribution < -0.4 is 4.74 Å². The van der Waals surface area contributed by atoms with Crippen molar-refractivity contribution >= 4 is 29.1 Å². The van der Waals surface area contributed by atoms with E-state index in [0.717, 1.165) is 25.2 Å². The number of hydrogen-bond donors (Lipinski definition) is 1. The lowest BCUT2D eigenvalue weighted by atomic mass is 9.95. The minimum Gasteiger partial charge on any atom is -0.507 e. The van der Waals surface area contributed by atoms with E-state index in [2.05, 4.69) is 4.90 Å². The van der Waals surface area contributed by atoms with Gasteiger partial charge in [0.05, 0.1) is 31.9 Å². The van der Waals surface area contributed by atoms with Crippen molar-refractivity contribution in [3.63, 3.8) is 0 Å². The highest BCUT2D eigenvalue weighted by Crippen LogP contribution is 2.40. The average molecular weight is 471 g/mol. The number of amides is 1. The summed E-state index contributed by atoms with van der Waals surface area (Å²) in [5.41, 5.74) is 1.25. The third-order valence-corrected chi connectivity index (χ3v) is 6.32. The molecular formula is C25H27ClN2O5. The molecular weight excluding hydrogens is 444 g/mol. The van der Waals surface area contributed by atoms with Crippen LogP contribution in [0.1, 0.15) is 23.6 Å². The SMILES string of the molecule is COc1ccc([C@H]2C(=C(O)c3ccc(Cl)cc3)C(=O)C(=O)N2CCCN2CCOCC2)cc1. The lowest BCUT2D eigenvalue weighted by Crippen LogP contribution is -2.38. The summed E-state index contributed by atoms with van der Waals surface area (Å²) in [6.45, 7) is 4.33. The first-order valence-electron chi connectivity index (χ1n) is 11.0. The molecule has 2 aliphatic heterocycles. The van der Waals surface area contributed by atoms with Crippen LogP contribution in [0.5, 0.6) is 5.75 Å². The van der Waals surface area contributed by atoms with Crippen LogP contribution >= 0.6 is 11.6 Å². The molecule has 0 radical (unpaired) electrons. The van der Waals surface area contributed by atoms with Crippen molar-refractivity contribution in [2.24, 2.45) is 0 Å². The Bertz CT molecular complexity index is 1030. The fourth-order valence-electron chi connectivity index (χ4n) is 4.30. The minimum absolute atomic E-state index is 0.0823. The van der Waals surface area contributed by atoms with Gasteiger partial charge in [0.25, 0.3) is 11.7 Å². The first kappa shape index (κ1) is 23.3. The van der Waals surface area contributed by atoms with Crippen LogP contribution in [-0.4, -0.2) is 73.1 Å². The Labute approximate surface area is 198 Å². The molecule has 0 aliphatic carbocycles. The van der Waals surface area contributed by atoms with Crippen LogP contribution in [0, 0.1) is 0 Å². The quantitative estimate of drug-likeness (QED) is 0.379. The summed E-state index contributed by atoms with van der Waals surface area (Å²) < 4.78 is 10.6. The molecule has 2 aromatic rings. The number of rotatable bonds is 7. The number of aliphatic hydroxyl groups is 1. The Morgan fingerprint density at radius 2 is 1.73 bits per heavy atom. The van der Waals surface area contributed by atoms with E-state index in [1.165, 1.54) is 0 Å². The number of carbonyl (C=O) groups is 2. The van der Waals surface area contributed by atoms with Crippen molar-refractivity contribution in [2.75, 3.05) is 46.5 Å². The van der Waals surface area contributed by atoms with E-state index in [1.54, 1.807) is 48.4 Å². The zero-order chi connectivity index (χ0) is 23.4. The number of likely N-dealkylation sites (tertiary alicyclic amines) is 1. The standard InChI is InChI=1S/C25H27ClN2O5/c1-32-20-9-5-17(6-10-20)22-21(23(29)18-3-7-19(26)8-4-18)24(30)25(31)28(22)12-2-11-27-13-15-33-16-14-27/h3-10,22,29H,2,11-16H2,1H3/t22-/m0/s1. The Hall–Kier alpha value is -2.87. The van der Waals surface area contributed by atoms with E-state index in [4.69, 9.17) is 21.1 Å². The van der Waals surface area contributed by atoms with E-state index < -0.39 is 17.7 Å². The normalized spacial score (nSPS) is 20.9. The Morgan fingerprint density at radius 1 is 1.06 bits per heavy atom. The summed E-state index contributed by atoms with van der Waals surface area (Å²) in [6, 6.07) is 13.1. The molecule has 7 nitrogen and oxygen atoms in total. The number of ketones is 1. The molecule has 1 N–H and O–H groups in total. The molecule has 2 aliphatic rings. The van der Waals surface area contributed by atoms with Gasteiger partial charge in [0.2, 0.25) is 0 Å². The number of hydrogen-bond acceptors (Lipinski definition) is 6. The largest absolute Gasteiger partial charge is 0.507 e. The van der Waals surface area contributed by atoms with Crippen molar-refractivity contribution in [3.05, 3.63) is 70.3 Å². The number of Topliss-reactive ketones (excluding diaryl/α,β-unsaturated/α-hetero) is 1. The zero-order valence-electron chi connectivity index (χ0n) is 18.5. The maximum absolute atomic E-state index is 13.1. The molecule has 33 heavy (non-hydrogen) atoms. The van der Waals surface area contributed by atoms with Crippen LogP contribution in [0.25, 0.3) is 5.76 Å². The molecule has 0 spiro atoms. The number of methoxy groups -OCH3 is 1. The second kappa shape index (κ2) is 10.4. The molecule has 0 saturated carbocycles. The van der Waals surface area contributed by atoms with Crippen LogP contribution in [0.2, 0.25) is 5.02 Å². The number of ether oxygens (including phenoxy) is 2. The number of aliphatic hydroxyl groups excluding tert-OH is 1. The van der Waals surface area contributed by atoms with Gasteiger partial charge in [-0.15, -0.1) is 0 Å². The van der Waals surface area contributed by atoms with Crippen molar-refractivity contribution < 1.29 is 24.2 Å². The number of benzene rings is 2. The van der Waals surface area contributed by atoms with Crippen molar-refractivity contribution in [3.8, 4) is 5.75 Å². The molecule has 1 atom stereocenters. The summed E-state index contributed by atoms with van der Waals surface area (Å²) in [5.74, 6) is -0.829. The van der Waals surface area contributed by atoms with Gasteiger partial charge in [-0.1, -0.05) is 23.7 Å². The molecule has 0 unspecified atom stereocenters. The van der Waals surface area contributed by atoms with Gasteiger partial charge in [-0.3, -0.25) is 14.5 Å².